The first kappa shape index (κ1) is 18.8. The van der Waals surface area contributed by atoms with Crippen LogP contribution in [0, 0.1) is 5.92 Å². The third-order valence-electron chi connectivity index (χ3n) is 1.89. The zero-order valence-electron chi connectivity index (χ0n) is 11.2. The molecule has 0 radical (unpaired) electrons. The summed E-state index contributed by atoms with van der Waals surface area (Å²) in [5.74, 6) is 1.21. The van der Waals surface area contributed by atoms with Gasteiger partial charge < -0.3 is 16.0 Å². The van der Waals surface area contributed by atoms with Crippen LogP contribution in [0.4, 0.5) is 0 Å². The first-order valence-electron chi connectivity index (χ1n) is 5.81. The summed E-state index contributed by atoms with van der Waals surface area (Å²) in [4.78, 5) is 15.3. The lowest BCUT2D eigenvalue weighted by atomic mass is 10.2. The van der Waals surface area contributed by atoms with Crippen molar-refractivity contribution in [2.75, 3.05) is 26.7 Å². The Hall–Kier alpha value is -0.530. The lowest BCUT2D eigenvalue weighted by molar-refractivity contribution is -0.120. The molecule has 5 nitrogen and oxygen atoms in total. The van der Waals surface area contributed by atoms with E-state index in [2.05, 4.69) is 34.8 Å². The van der Waals surface area contributed by atoms with E-state index in [0.29, 0.717) is 11.9 Å². The van der Waals surface area contributed by atoms with Gasteiger partial charge in [-0.3, -0.25) is 9.79 Å². The summed E-state index contributed by atoms with van der Waals surface area (Å²) in [6.45, 7) is 8.09. The molecular formula is C11H25IN4O. The van der Waals surface area contributed by atoms with E-state index in [0.717, 1.165) is 19.5 Å². The van der Waals surface area contributed by atoms with Crippen molar-refractivity contribution in [3.8, 4) is 0 Å². The van der Waals surface area contributed by atoms with Gasteiger partial charge in [0, 0.05) is 20.1 Å². The van der Waals surface area contributed by atoms with Crippen molar-refractivity contribution in [1.82, 2.24) is 16.0 Å². The van der Waals surface area contributed by atoms with Gasteiger partial charge in [0.2, 0.25) is 5.91 Å². The fourth-order valence-electron chi connectivity index (χ4n) is 1.01. The molecule has 0 aromatic heterocycles. The summed E-state index contributed by atoms with van der Waals surface area (Å²) in [6.07, 6.45) is 0.950. The van der Waals surface area contributed by atoms with E-state index >= 15 is 0 Å². The predicted octanol–water partition coefficient (Wildman–Crippen LogP) is 0.952. The second kappa shape index (κ2) is 11.9. The highest BCUT2D eigenvalue weighted by molar-refractivity contribution is 14.0. The quantitative estimate of drug-likeness (QED) is 0.377. The van der Waals surface area contributed by atoms with E-state index in [-0.39, 0.29) is 36.4 Å². The zero-order chi connectivity index (χ0) is 12.4. The molecule has 6 heteroatoms. The highest BCUT2D eigenvalue weighted by atomic mass is 127. The Balaban J connectivity index is 0. The van der Waals surface area contributed by atoms with E-state index in [1.165, 1.54) is 0 Å². The van der Waals surface area contributed by atoms with Crippen molar-refractivity contribution in [1.29, 1.82) is 0 Å². The molecule has 0 atom stereocenters. The van der Waals surface area contributed by atoms with Crippen LogP contribution in [-0.4, -0.2) is 38.5 Å². The van der Waals surface area contributed by atoms with Crippen LogP contribution in [0.3, 0.4) is 0 Å². The maximum atomic E-state index is 11.3. The van der Waals surface area contributed by atoms with E-state index in [1.54, 1.807) is 7.05 Å². The fraction of sp³-hybridized carbons (Fsp3) is 0.818. The first-order chi connectivity index (χ1) is 7.60. The Kier molecular flexibility index (Phi) is 13.2. The van der Waals surface area contributed by atoms with E-state index in [9.17, 15) is 4.79 Å². The van der Waals surface area contributed by atoms with Gasteiger partial charge >= 0.3 is 0 Å². The summed E-state index contributed by atoms with van der Waals surface area (Å²) in [6, 6.07) is 0. The first-order valence-corrected chi connectivity index (χ1v) is 5.81. The molecule has 0 aromatic rings. The van der Waals surface area contributed by atoms with Crippen molar-refractivity contribution in [3.63, 3.8) is 0 Å². The van der Waals surface area contributed by atoms with E-state index in [1.807, 2.05) is 6.92 Å². The number of aliphatic imine (C=N–C) groups is 1. The summed E-state index contributed by atoms with van der Waals surface area (Å²) in [7, 11) is 1.69. The third kappa shape index (κ3) is 11.7. The molecule has 0 rings (SSSR count). The Morgan fingerprint density at radius 1 is 1.24 bits per heavy atom. The number of guanidine groups is 1. The number of nitrogens with zero attached hydrogens (tertiary/aromatic N) is 1. The number of amides is 1. The van der Waals surface area contributed by atoms with Gasteiger partial charge in [0.25, 0.3) is 0 Å². The molecule has 0 heterocycles. The second-order valence-corrected chi connectivity index (χ2v) is 4.05. The molecule has 17 heavy (non-hydrogen) atoms. The lowest BCUT2D eigenvalue weighted by Gasteiger charge is -2.13. The van der Waals surface area contributed by atoms with E-state index in [4.69, 9.17) is 0 Å². The van der Waals surface area contributed by atoms with Crippen molar-refractivity contribution >= 4 is 35.8 Å². The highest BCUT2D eigenvalue weighted by Crippen LogP contribution is 1.86. The second-order valence-electron chi connectivity index (χ2n) is 4.05. The van der Waals surface area contributed by atoms with Crippen LogP contribution in [0.5, 0.6) is 0 Å². The largest absolute Gasteiger partial charge is 0.356 e. The van der Waals surface area contributed by atoms with Gasteiger partial charge in [0.05, 0.1) is 6.54 Å². The molecule has 0 aliphatic heterocycles. The SMILES string of the molecule is CCCNC(=O)CNC(=NC)NCC(C)C.I. The van der Waals surface area contributed by atoms with Gasteiger partial charge in [-0.1, -0.05) is 20.8 Å². The number of nitrogens with one attached hydrogen (secondary N) is 3. The smallest absolute Gasteiger partial charge is 0.239 e. The third-order valence-corrected chi connectivity index (χ3v) is 1.89. The molecule has 3 N–H and O–H groups in total. The Morgan fingerprint density at radius 2 is 1.88 bits per heavy atom. The lowest BCUT2D eigenvalue weighted by Crippen LogP contribution is -2.44. The molecule has 0 bridgehead atoms. The van der Waals surface area contributed by atoms with Crippen LogP contribution in [0.15, 0.2) is 4.99 Å². The van der Waals surface area contributed by atoms with Gasteiger partial charge in [-0.25, -0.2) is 0 Å². The minimum Gasteiger partial charge on any atom is -0.356 e. The number of hydrogen-bond acceptors (Lipinski definition) is 2. The monoisotopic (exact) mass is 356 g/mol. The zero-order valence-corrected chi connectivity index (χ0v) is 13.5. The molecule has 0 aliphatic rings. The number of hydrogen-bond donors (Lipinski definition) is 3. The summed E-state index contributed by atoms with van der Waals surface area (Å²) in [5, 5.41) is 8.89. The van der Waals surface area contributed by atoms with Crippen LogP contribution in [-0.2, 0) is 4.79 Å². The average Bonchev–Trinajstić information content (AvgIpc) is 2.26. The number of rotatable bonds is 6. The summed E-state index contributed by atoms with van der Waals surface area (Å²) < 4.78 is 0. The molecule has 0 saturated heterocycles. The molecule has 0 spiro atoms. The van der Waals surface area contributed by atoms with Crippen LogP contribution in [0.1, 0.15) is 27.2 Å². The molecule has 0 aliphatic carbocycles. The van der Waals surface area contributed by atoms with Crippen molar-refractivity contribution in [3.05, 3.63) is 0 Å². The maximum Gasteiger partial charge on any atom is 0.239 e. The van der Waals surface area contributed by atoms with Crippen molar-refractivity contribution in [2.24, 2.45) is 10.9 Å². The highest BCUT2D eigenvalue weighted by Gasteiger charge is 2.02. The minimum atomic E-state index is -0.00523. The Morgan fingerprint density at radius 3 is 2.35 bits per heavy atom. The molecule has 0 unspecified atom stereocenters. The van der Waals surface area contributed by atoms with Gasteiger partial charge in [-0.15, -0.1) is 24.0 Å². The fourth-order valence-corrected chi connectivity index (χ4v) is 1.01. The van der Waals surface area contributed by atoms with E-state index < -0.39 is 0 Å². The number of carbonyl (C=O) groups is 1. The molecule has 102 valence electrons. The molecule has 0 saturated carbocycles. The van der Waals surface area contributed by atoms with Crippen molar-refractivity contribution in [2.45, 2.75) is 27.2 Å². The predicted molar refractivity (Wildman–Crippen MR) is 82.9 cm³/mol. The van der Waals surface area contributed by atoms with Crippen LogP contribution < -0.4 is 16.0 Å². The Labute approximate surface area is 121 Å². The summed E-state index contributed by atoms with van der Waals surface area (Å²) in [5.41, 5.74) is 0. The maximum absolute atomic E-state index is 11.3. The molecule has 0 aromatic carbocycles. The number of halogens is 1. The van der Waals surface area contributed by atoms with Gasteiger partial charge in [0.15, 0.2) is 5.96 Å². The molecule has 1 amide bonds. The van der Waals surface area contributed by atoms with Gasteiger partial charge in [-0.05, 0) is 12.3 Å². The number of carbonyl (C=O) groups excluding carboxylic acids is 1. The Bertz CT molecular complexity index is 232. The van der Waals surface area contributed by atoms with Crippen LogP contribution in [0.2, 0.25) is 0 Å². The standard InChI is InChI=1S/C11H24N4O.HI/c1-5-6-13-10(16)8-15-11(12-4)14-7-9(2)3;/h9H,5-8H2,1-4H3,(H,13,16)(H2,12,14,15);1H. The average molecular weight is 356 g/mol. The molecule has 0 fully saturated rings. The van der Waals surface area contributed by atoms with Crippen LogP contribution in [0.25, 0.3) is 0 Å². The van der Waals surface area contributed by atoms with Gasteiger partial charge in [-0.2, -0.15) is 0 Å². The summed E-state index contributed by atoms with van der Waals surface area (Å²) >= 11 is 0. The minimum absolute atomic E-state index is 0. The topological polar surface area (TPSA) is 65.5 Å². The molecular weight excluding hydrogens is 331 g/mol. The van der Waals surface area contributed by atoms with Gasteiger partial charge in [0.1, 0.15) is 0 Å². The van der Waals surface area contributed by atoms with Crippen molar-refractivity contribution < 1.29 is 4.79 Å². The van der Waals surface area contributed by atoms with Crippen LogP contribution >= 0.6 is 24.0 Å². The normalized spacial score (nSPS) is 10.8.